The van der Waals surface area contributed by atoms with Gasteiger partial charge in [-0.2, -0.15) is 5.10 Å². The fourth-order valence-corrected chi connectivity index (χ4v) is 3.83. The lowest BCUT2D eigenvalue weighted by Gasteiger charge is -2.10. The van der Waals surface area contributed by atoms with E-state index in [1.807, 2.05) is 0 Å². The number of hydrogen-bond donors (Lipinski definition) is 2. The molecule has 0 aliphatic carbocycles. The predicted octanol–water partition coefficient (Wildman–Crippen LogP) is 2.15. The molecule has 0 atom stereocenters. The van der Waals surface area contributed by atoms with Crippen molar-refractivity contribution < 1.29 is 13.2 Å². The molecule has 3 aromatic rings. The van der Waals surface area contributed by atoms with E-state index in [0.29, 0.717) is 16.9 Å². The van der Waals surface area contributed by atoms with Crippen molar-refractivity contribution in [3.63, 3.8) is 0 Å². The highest BCUT2D eigenvalue weighted by Gasteiger charge is 2.15. The molecule has 0 radical (unpaired) electrons. The molecule has 3 rings (SSSR count). The van der Waals surface area contributed by atoms with Crippen molar-refractivity contribution in [2.75, 3.05) is 6.54 Å². The van der Waals surface area contributed by atoms with E-state index in [1.54, 1.807) is 48.3 Å². The van der Waals surface area contributed by atoms with Crippen LogP contribution in [0.5, 0.6) is 0 Å². The quantitative estimate of drug-likeness (QED) is 0.610. The minimum absolute atomic E-state index is 0.0767. The van der Waals surface area contributed by atoms with Gasteiger partial charge in [-0.3, -0.25) is 4.79 Å². The van der Waals surface area contributed by atoms with Crippen LogP contribution in [0.15, 0.2) is 59.9 Å². The van der Waals surface area contributed by atoms with Crippen LogP contribution in [-0.4, -0.2) is 35.6 Å². The molecule has 0 unspecified atom stereocenters. The van der Waals surface area contributed by atoms with Gasteiger partial charge in [0.1, 0.15) is 0 Å². The standard InChI is InChI=1S/C18H18ClN5O3S/c1-2-23-28(26,27)15-6-4-13(16(19)10-15)11-21-18(25)14-5-7-17(20-12-14)24-9-3-8-22-24/h3-10,12,23H,2,11H2,1H3,(H,21,25). The zero-order valence-corrected chi connectivity index (χ0v) is 16.5. The Morgan fingerprint density at radius 2 is 2.07 bits per heavy atom. The summed E-state index contributed by atoms with van der Waals surface area (Å²) in [4.78, 5) is 16.6. The van der Waals surface area contributed by atoms with Gasteiger partial charge in [-0.25, -0.2) is 22.8 Å². The third kappa shape index (κ3) is 4.56. The van der Waals surface area contributed by atoms with Gasteiger partial charge in [0.25, 0.3) is 5.91 Å². The summed E-state index contributed by atoms with van der Waals surface area (Å²) in [6, 6.07) is 9.50. The van der Waals surface area contributed by atoms with E-state index in [2.05, 4.69) is 20.1 Å². The summed E-state index contributed by atoms with van der Waals surface area (Å²) < 4.78 is 28.0. The predicted molar refractivity (Wildman–Crippen MR) is 105 cm³/mol. The summed E-state index contributed by atoms with van der Waals surface area (Å²) >= 11 is 6.18. The lowest BCUT2D eigenvalue weighted by Crippen LogP contribution is -2.24. The van der Waals surface area contributed by atoms with Crippen LogP contribution in [0.3, 0.4) is 0 Å². The molecule has 0 fully saturated rings. The van der Waals surface area contributed by atoms with Gasteiger partial charge in [0.05, 0.1) is 10.5 Å². The molecule has 0 spiro atoms. The third-order valence-electron chi connectivity index (χ3n) is 3.86. The molecule has 0 saturated carbocycles. The molecule has 0 aliphatic rings. The molecular formula is C18H18ClN5O3S. The maximum atomic E-state index is 12.3. The lowest BCUT2D eigenvalue weighted by molar-refractivity contribution is 0.0950. The molecule has 2 aromatic heterocycles. The van der Waals surface area contributed by atoms with Crippen molar-refractivity contribution in [1.82, 2.24) is 24.8 Å². The van der Waals surface area contributed by atoms with Crippen LogP contribution in [0.2, 0.25) is 5.02 Å². The number of nitrogens with one attached hydrogen (secondary N) is 2. The molecule has 10 heteroatoms. The molecule has 0 aliphatic heterocycles. The Bertz CT molecular complexity index is 1070. The molecular weight excluding hydrogens is 402 g/mol. The molecule has 0 bridgehead atoms. The normalized spacial score (nSPS) is 11.4. The van der Waals surface area contributed by atoms with Crippen LogP contribution in [0.4, 0.5) is 0 Å². The monoisotopic (exact) mass is 419 g/mol. The Kier molecular flexibility index (Phi) is 6.08. The smallest absolute Gasteiger partial charge is 0.253 e. The second kappa shape index (κ2) is 8.51. The van der Waals surface area contributed by atoms with Gasteiger partial charge < -0.3 is 5.32 Å². The van der Waals surface area contributed by atoms with Gasteiger partial charge >= 0.3 is 0 Å². The van der Waals surface area contributed by atoms with Gasteiger partial charge in [-0.1, -0.05) is 24.6 Å². The van der Waals surface area contributed by atoms with Gasteiger partial charge in [-0.05, 0) is 35.9 Å². The number of amides is 1. The maximum absolute atomic E-state index is 12.3. The zero-order chi connectivity index (χ0) is 20.1. The largest absolute Gasteiger partial charge is 0.348 e. The molecule has 2 N–H and O–H groups in total. The van der Waals surface area contributed by atoms with Crippen molar-refractivity contribution in [3.8, 4) is 5.82 Å². The molecule has 0 saturated heterocycles. The topological polar surface area (TPSA) is 106 Å². The highest BCUT2D eigenvalue weighted by molar-refractivity contribution is 7.89. The fourth-order valence-electron chi connectivity index (χ4n) is 2.45. The van der Waals surface area contributed by atoms with Crippen LogP contribution < -0.4 is 10.0 Å². The summed E-state index contributed by atoms with van der Waals surface area (Å²) in [5, 5.41) is 7.07. The minimum Gasteiger partial charge on any atom is -0.348 e. The van der Waals surface area contributed by atoms with Gasteiger partial charge in [0.2, 0.25) is 10.0 Å². The number of aromatic nitrogens is 3. The lowest BCUT2D eigenvalue weighted by atomic mass is 10.2. The second-order valence-corrected chi connectivity index (χ2v) is 7.97. The Morgan fingerprint density at radius 3 is 2.68 bits per heavy atom. The summed E-state index contributed by atoms with van der Waals surface area (Å²) in [6.45, 7) is 2.13. The molecule has 2 heterocycles. The highest BCUT2D eigenvalue weighted by atomic mass is 35.5. The van der Waals surface area contributed by atoms with E-state index >= 15 is 0 Å². The summed E-state index contributed by atoms with van der Waals surface area (Å²) in [6.07, 6.45) is 4.85. The Hall–Kier alpha value is -2.75. The van der Waals surface area contributed by atoms with E-state index in [1.165, 1.54) is 18.3 Å². The summed E-state index contributed by atoms with van der Waals surface area (Å²) in [7, 11) is -3.58. The number of benzene rings is 1. The molecule has 8 nitrogen and oxygen atoms in total. The molecule has 28 heavy (non-hydrogen) atoms. The van der Waals surface area contributed by atoms with Crippen LogP contribution in [-0.2, 0) is 16.6 Å². The number of carbonyl (C=O) groups is 1. The van der Waals surface area contributed by atoms with Crippen molar-refractivity contribution >= 4 is 27.5 Å². The average molecular weight is 420 g/mol. The molecule has 146 valence electrons. The van der Waals surface area contributed by atoms with Crippen molar-refractivity contribution in [3.05, 3.63) is 71.1 Å². The number of carbonyl (C=O) groups excluding carboxylic acids is 1. The van der Waals surface area contributed by atoms with Gasteiger partial charge in [0.15, 0.2) is 5.82 Å². The van der Waals surface area contributed by atoms with E-state index in [9.17, 15) is 13.2 Å². The first-order valence-corrected chi connectivity index (χ1v) is 10.3. The maximum Gasteiger partial charge on any atom is 0.253 e. The summed E-state index contributed by atoms with van der Waals surface area (Å²) in [5.41, 5.74) is 0.991. The second-order valence-electron chi connectivity index (χ2n) is 5.79. The van der Waals surface area contributed by atoms with Crippen molar-refractivity contribution in [2.24, 2.45) is 0 Å². The minimum atomic E-state index is -3.58. The first-order valence-electron chi connectivity index (χ1n) is 8.43. The van der Waals surface area contributed by atoms with Crippen LogP contribution >= 0.6 is 11.6 Å². The van der Waals surface area contributed by atoms with Crippen LogP contribution in [0, 0.1) is 0 Å². The number of pyridine rings is 1. The zero-order valence-electron chi connectivity index (χ0n) is 15.0. The van der Waals surface area contributed by atoms with E-state index in [4.69, 9.17) is 11.6 Å². The highest BCUT2D eigenvalue weighted by Crippen LogP contribution is 2.21. The van der Waals surface area contributed by atoms with Crippen LogP contribution in [0.1, 0.15) is 22.8 Å². The van der Waals surface area contributed by atoms with E-state index < -0.39 is 10.0 Å². The third-order valence-corrected chi connectivity index (χ3v) is 5.75. The number of nitrogens with zero attached hydrogens (tertiary/aromatic N) is 3. The van der Waals surface area contributed by atoms with Crippen molar-refractivity contribution in [2.45, 2.75) is 18.4 Å². The molecule has 1 amide bonds. The molecule has 1 aromatic carbocycles. The Labute approximate surface area is 167 Å². The van der Waals surface area contributed by atoms with Crippen molar-refractivity contribution in [1.29, 1.82) is 0 Å². The van der Waals surface area contributed by atoms with Gasteiger partial charge in [0, 0.05) is 36.7 Å². The summed E-state index contributed by atoms with van der Waals surface area (Å²) in [5.74, 6) is 0.280. The average Bonchev–Trinajstić information content (AvgIpc) is 3.21. The SMILES string of the molecule is CCNS(=O)(=O)c1ccc(CNC(=O)c2ccc(-n3cccn3)nc2)c(Cl)c1. The fraction of sp³-hybridized carbons (Fsp3) is 0.167. The number of halogens is 1. The van der Waals surface area contributed by atoms with Gasteiger partial charge in [-0.15, -0.1) is 0 Å². The Morgan fingerprint density at radius 1 is 1.25 bits per heavy atom. The number of hydrogen-bond acceptors (Lipinski definition) is 5. The first kappa shape index (κ1) is 20.0. The first-order chi connectivity index (χ1) is 13.4. The number of sulfonamides is 1. The Balaban J connectivity index is 1.66. The van der Waals surface area contributed by atoms with Crippen LogP contribution in [0.25, 0.3) is 5.82 Å². The van der Waals surface area contributed by atoms with E-state index in [0.717, 1.165) is 0 Å². The van der Waals surface area contributed by atoms with E-state index in [-0.39, 0.29) is 28.9 Å². The number of rotatable bonds is 7.